The first kappa shape index (κ1) is 27.7. The van der Waals surface area contributed by atoms with Crippen molar-refractivity contribution in [3.8, 4) is 17.2 Å². The van der Waals surface area contributed by atoms with Gasteiger partial charge in [0.15, 0.2) is 23.0 Å². The number of Topliss-reactive ketones (excluding diaryl/α,β-unsaturated/α-hetero) is 1. The summed E-state index contributed by atoms with van der Waals surface area (Å²) in [7, 11) is 1.39. The fourth-order valence-electron chi connectivity index (χ4n) is 4.28. The smallest absolute Gasteiger partial charge is 0.309 e. The molecular weight excluding hydrogens is 470 g/mol. The highest BCUT2D eigenvalue weighted by Gasteiger charge is 2.32. The van der Waals surface area contributed by atoms with Gasteiger partial charge in [0.05, 0.1) is 13.0 Å². The summed E-state index contributed by atoms with van der Waals surface area (Å²) in [6, 6.07) is 21.1. The number of aromatic hydroxyl groups is 1. The molecule has 0 radical (unpaired) electrons. The van der Waals surface area contributed by atoms with Gasteiger partial charge in [0.2, 0.25) is 0 Å². The largest absolute Gasteiger partial charge is 0.503 e. The van der Waals surface area contributed by atoms with Crippen molar-refractivity contribution in [2.75, 3.05) is 7.11 Å². The zero-order chi connectivity index (χ0) is 26.8. The molecule has 0 aliphatic carbocycles. The van der Waals surface area contributed by atoms with Gasteiger partial charge in [0.1, 0.15) is 18.0 Å². The van der Waals surface area contributed by atoms with Crippen LogP contribution in [0, 0.1) is 11.8 Å². The van der Waals surface area contributed by atoms with E-state index in [9.17, 15) is 14.7 Å². The van der Waals surface area contributed by atoms with Gasteiger partial charge in [-0.15, -0.1) is 0 Å². The number of nitrogens with zero attached hydrogens (tertiary/aromatic N) is 1. The number of para-hydroxylation sites is 1. The molecule has 1 aromatic heterocycles. The molecule has 1 heterocycles. The Bertz CT molecular complexity index is 1150. The summed E-state index contributed by atoms with van der Waals surface area (Å²) in [5, 5.41) is 10.2. The van der Waals surface area contributed by atoms with Gasteiger partial charge in [-0.1, -0.05) is 62.4 Å². The second-order valence-corrected chi connectivity index (χ2v) is 9.11. The number of esters is 1. The van der Waals surface area contributed by atoms with E-state index in [1.807, 2.05) is 67.6 Å². The average molecular weight is 506 g/mol. The lowest BCUT2D eigenvalue weighted by Gasteiger charge is -2.32. The summed E-state index contributed by atoms with van der Waals surface area (Å²) < 4.78 is 17.3. The Morgan fingerprint density at radius 1 is 0.973 bits per heavy atom. The number of benzene rings is 2. The van der Waals surface area contributed by atoms with Gasteiger partial charge < -0.3 is 19.3 Å². The van der Waals surface area contributed by atoms with Crippen LogP contribution in [-0.2, 0) is 16.0 Å². The Morgan fingerprint density at radius 3 is 2.24 bits per heavy atom. The van der Waals surface area contributed by atoms with Crippen LogP contribution < -0.4 is 9.47 Å². The molecule has 3 aromatic rings. The fraction of sp³-hybridized carbons (Fsp3) is 0.367. The van der Waals surface area contributed by atoms with Crippen LogP contribution in [0.1, 0.15) is 49.7 Å². The van der Waals surface area contributed by atoms with Crippen molar-refractivity contribution in [2.24, 2.45) is 11.8 Å². The summed E-state index contributed by atoms with van der Waals surface area (Å²) in [6.45, 7) is 5.55. The van der Waals surface area contributed by atoms with Gasteiger partial charge in [-0.3, -0.25) is 9.59 Å². The molecule has 3 rings (SSSR count). The predicted octanol–water partition coefficient (Wildman–Crippen LogP) is 5.65. The lowest BCUT2D eigenvalue weighted by atomic mass is 9.88. The van der Waals surface area contributed by atoms with E-state index in [4.69, 9.17) is 14.2 Å². The second kappa shape index (κ2) is 13.4. The Hall–Kier alpha value is -3.87. The SMILES string of the molecule is CC[C@@H](Oc1ccccc1)[C@@H](Cc1ccccc1)[C@H](C)OC(=O)[C@H](C)CC(=O)c1nccc(OC)c1O. The van der Waals surface area contributed by atoms with Crippen molar-refractivity contribution in [3.05, 3.63) is 84.2 Å². The topological polar surface area (TPSA) is 95.0 Å². The van der Waals surface area contributed by atoms with Crippen molar-refractivity contribution >= 4 is 11.8 Å². The predicted molar refractivity (Wildman–Crippen MR) is 141 cm³/mol. The molecule has 0 aliphatic rings. The minimum absolute atomic E-state index is 0.122. The molecule has 0 saturated heterocycles. The van der Waals surface area contributed by atoms with Gasteiger partial charge in [-0.05, 0) is 37.5 Å². The number of ketones is 1. The van der Waals surface area contributed by atoms with E-state index < -0.39 is 23.8 Å². The molecule has 7 nitrogen and oxygen atoms in total. The molecule has 0 amide bonds. The monoisotopic (exact) mass is 505 g/mol. The molecule has 0 saturated carbocycles. The van der Waals surface area contributed by atoms with Gasteiger partial charge >= 0.3 is 5.97 Å². The van der Waals surface area contributed by atoms with E-state index in [0.29, 0.717) is 6.42 Å². The quantitative estimate of drug-likeness (QED) is 0.237. The van der Waals surface area contributed by atoms with Crippen LogP contribution in [0.3, 0.4) is 0 Å². The number of carbonyl (C=O) groups excluding carboxylic acids is 2. The van der Waals surface area contributed by atoms with Crippen molar-refractivity contribution in [1.82, 2.24) is 4.98 Å². The minimum atomic E-state index is -0.727. The van der Waals surface area contributed by atoms with Crippen molar-refractivity contribution in [2.45, 2.75) is 52.2 Å². The molecule has 0 unspecified atom stereocenters. The highest BCUT2D eigenvalue weighted by molar-refractivity contribution is 5.99. The average Bonchev–Trinajstić information content (AvgIpc) is 2.91. The third-order valence-electron chi connectivity index (χ3n) is 6.40. The Morgan fingerprint density at radius 2 is 1.62 bits per heavy atom. The zero-order valence-corrected chi connectivity index (χ0v) is 21.8. The van der Waals surface area contributed by atoms with Crippen molar-refractivity contribution in [3.63, 3.8) is 0 Å². The summed E-state index contributed by atoms with van der Waals surface area (Å²) in [4.78, 5) is 29.8. The summed E-state index contributed by atoms with van der Waals surface area (Å²) in [5.74, 6) is -1.23. The van der Waals surface area contributed by atoms with Crippen LogP contribution >= 0.6 is 0 Å². The standard InChI is InChI=1S/C30H35NO6/c1-5-26(37-23-14-10-7-11-15-23)24(19-22-12-8-6-9-13-22)21(3)36-30(34)20(2)18-25(32)28-29(33)27(35-4)16-17-31-28/h6-17,20-21,24,26,33H,5,18-19H2,1-4H3/t20-,21+,24+,26-/m1/s1. The highest BCUT2D eigenvalue weighted by atomic mass is 16.5. The molecule has 37 heavy (non-hydrogen) atoms. The van der Waals surface area contributed by atoms with Gasteiger partial charge in [-0.25, -0.2) is 4.98 Å². The third kappa shape index (κ3) is 7.56. The van der Waals surface area contributed by atoms with E-state index in [1.54, 1.807) is 6.92 Å². The number of hydrogen-bond acceptors (Lipinski definition) is 7. The Kier molecular flexibility index (Phi) is 10.1. The lowest BCUT2D eigenvalue weighted by Crippen LogP contribution is -2.39. The van der Waals surface area contributed by atoms with Gasteiger partial charge in [0, 0.05) is 24.6 Å². The molecule has 1 N–H and O–H groups in total. The first-order valence-corrected chi connectivity index (χ1v) is 12.5. The first-order chi connectivity index (χ1) is 17.8. The number of hydrogen-bond donors (Lipinski definition) is 1. The van der Waals surface area contributed by atoms with Gasteiger partial charge in [0.25, 0.3) is 0 Å². The molecule has 0 bridgehead atoms. The number of aromatic nitrogens is 1. The molecule has 196 valence electrons. The zero-order valence-electron chi connectivity index (χ0n) is 21.8. The number of methoxy groups -OCH3 is 1. The van der Waals surface area contributed by atoms with Gasteiger partial charge in [-0.2, -0.15) is 0 Å². The van der Waals surface area contributed by atoms with Crippen LogP contribution in [-0.4, -0.2) is 41.2 Å². The molecule has 7 heteroatoms. The molecule has 2 aromatic carbocycles. The first-order valence-electron chi connectivity index (χ1n) is 12.5. The summed E-state index contributed by atoms with van der Waals surface area (Å²) in [6.07, 6.45) is 1.95. The Labute approximate surface area is 218 Å². The molecule has 4 atom stereocenters. The summed E-state index contributed by atoms with van der Waals surface area (Å²) >= 11 is 0. The van der Waals surface area contributed by atoms with E-state index in [-0.39, 0.29) is 35.6 Å². The van der Waals surface area contributed by atoms with Crippen molar-refractivity contribution < 1.29 is 28.9 Å². The molecular formula is C30H35NO6. The lowest BCUT2D eigenvalue weighted by molar-refractivity contribution is -0.157. The second-order valence-electron chi connectivity index (χ2n) is 9.11. The molecule has 0 aliphatic heterocycles. The number of pyridine rings is 1. The van der Waals surface area contributed by atoms with Crippen LogP contribution in [0.4, 0.5) is 0 Å². The summed E-state index contributed by atoms with van der Waals surface area (Å²) in [5.41, 5.74) is 0.990. The van der Waals surface area contributed by atoms with Crippen LogP contribution in [0.5, 0.6) is 17.2 Å². The maximum absolute atomic E-state index is 13.0. The highest BCUT2D eigenvalue weighted by Crippen LogP contribution is 2.30. The van der Waals surface area contributed by atoms with Crippen LogP contribution in [0.25, 0.3) is 0 Å². The van der Waals surface area contributed by atoms with Crippen LogP contribution in [0.2, 0.25) is 0 Å². The minimum Gasteiger partial charge on any atom is -0.503 e. The molecule has 0 fully saturated rings. The van der Waals surface area contributed by atoms with E-state index in [2.05, 4.69) is 11.9 Å². The maximum atomic E-state index is 13.0. The fourth-order valence-corrected chi connectivity index (χ4v) is 4.28. The van der Waals surface area contributed by atoms with E-state index >= 15 is 0 Å². The maximum Gasteiger partial charge on any atom is 0.309 e. The van der Waals surface area contributed by atoms with Crippen LogP contribution in [0.15, 0.2) is 72.9 Å². The Balaban J connectivity index is 1.72. The van der Waals surface area contributed by atoms with Crippen molar-refractivity contribution in [1.29, 1.82) is 0 Å². The number of rotatable bonds is 13. The number of ether oxygens (including phenoxy) is 3. The van der Waals surface area contributed by atoms with E-state index in [1.165, 1.54) is 19.4 Å². The van der Waals surface area contributed by atoms with E-state index in [0.717, 1.165) is 17.7 Å². The number of carbonyl (C=O) groups is 2. The molecule has 0 spiro atoms. The normalized spacial score (nSPS) is 14.2. The third-order valence-corrected chi connectivity index (χ3v) is 6.40.